The fourth-order valence-corrected chi connectivity index (χ4v) is 2.54. The molecule has 0 bridgehead atoms. The van der Waals surface area contributed by atoms with Crippen molar-refractivity contribution in [1.82, 2.24) is 14.8 Å². The molecule has 1 fully saturated rings. The van der Waals surface area contributed by atoms with Gasteiger partial charge in [-0.2, -0.15) is 13.2 Å². The van der Waals surface area contributed by atoms with Gasteiger partial charge in [-0.25, -0.2) is 0 Å². The molecule has 1 saturated heterocycles. The Bertz CT molecular complexity index is 543. The second-order valence-corrected chi connectivity index (χ2v) is 5.57. The van der Waals surface area contributed by atoms with Gasteiger partial charge in [0.05, 0.1) is 17.2 Å². The summed E-state index contributed by atoms with van der Waals surface area (Å²) in [7, 11) is 0. The zero-order valence-corrected chi connectivity index (χ0v) is 12.9. The van der Waals surface area contributed by atoms with Crippen LogP contribution in [0.5, 0.6) is 0 Å². The molecule has 1 atom stereocenters. The van der Waals surface area contributed by atoms with Crippen LogP contribution in [0.25, 0.3) is 0 Å². The Balaban J connectivity index is 2.04. The van der Waals surface area contributed by atoms with Crippen molar-refractivity contribution in [1.29, 1.82) is 0 Å². The van der Waals surface area contributed by atoms with Crippen LogP contribution in [0.4, 0.5) is 13.2 Å². The van der Waals surface area contributed by atoms with Gasteiger partial charge < -0.3 is 10.0 Å². The van der Waals surface area contributed by atoms with Crippen LogP contribution in [0.1, 0.15) is 29.3 Å². The van der Waals surface area contributed by atoms with Gasteiger partial charge in [0, 0.05) is 45.1 Å². The predicted molar refractivity (Wildman–Crippen MR) is 77.9 cm³/mol. The molecule has 1 aliphatic rings. The minimum absolute atomic E-state index is 0.342. The zero-order chi connectivity index (χ0) is 17.0. The molecule has 0 spiro atoms. The first-order chi connectivity index (χ1) is 10.8. The molecule has 1 aromatic heterocycles. The van der Waals surface area contributed by atoms with Crippen LogP contribution < -0.4 is 0 Å². The van der Waals surface area contributed by atoms with E-state index in [-0.39, 0.29) is 5.56 Å². The molecule has 2 rings (SSSR count). The highest BCUT2D eigenvalue weighted by Crippen LogP contribution is 2.31. The Hall–Kier alpha value is -1.67. The Morgan fingerprint density at radius 2 is 2.00 bits per heavy atom. The number of pyridine rings is 1. The summed E-state index contributed by atoms with van der Waals surface area (Å²) >= 11 is 0. The van der Waals surface area contributed by atoms with Gasteiger partial charge in [-0.15, -0.1) is 0 Å². The summed E-state index contributed by atoms with van der Waals surface area (Å²) in [4.78, 5) is 19.3. The number of halogens is 3. The summed E-state index contributed by atoms with van der Waals surface area (Å²) < 4.78 is 38.9. The molecular weight excluding hydrogens is 311 g/mol. The number of rotatable bonds is 4. The number of carbonyl (C=O) groups excluding carboxylic acids is 1. The van der Waals surface area contributed by atoms with Gasteiger partial charge in [-0.3, -0.25) is 14.7 Å². The molecule has 8 heteroatoms. The van der Waals surface area contributed by atoms with Crippen LogP contribution in [-0.4, -0.2) is 64.6 Å². The smallest absolute Gasteiger partial charge is 0.392 e. The molecule has 1 unspecified atom stereocenters. The van der Waals surface area contributed by atoms with Crippen LogP contribution in [-0.2, 0) is 6.18 Å². The first-order valence-electron chi connectivity index (χ1n) is 7.53. The lowest BCUT2D eigenvalue weighted by Gasteiger charge is -2.35. The largest absolute Gasteiger partial charge is 0.418 e. The second kappa shape index (κ2) is 7.27. The third-order valence-corrected chi connectivity index (χ3v) is 3.96. The number of β-amino-alcohol motifs (C(OH)–C–C–N with tert-alkyl or cyclic N) is 1. The fraction of sp³-hybridized carbons (Fsp3) is 0.600. The molecule has 0 aromatic carbocycles. The average Bonchev–Trinajstić information content (AvgIpc) is 2.54. The van der Waals surface area contributed by atoms with Gasteiger partial charge >= 0.3 is 6.18 Å². The maximum absolute atomic E-state index is 13.0. The molecule has 2 heterocycles. The number of hydrogen-bond acceptors (Lipinski definition) is 4. The number of aliphatic hydroxyl groups is 1. The Kier molecular flexibility index (Phi) is 5.59. The summed E-state index contributed by atoms with van der Waals surface area (Å²) in [6.45, 7) is 4.16. The standard InChI is InChI=1S/C15H20F3N3O2/c1-2-11(22)10-20-5-7-21(8-6-20)14(23)12-3-4-19-9-13(12)15(16,17)18/h3-4,9,11,22H,2,5-8,10H2,1H3. The molecule has 1 N–H and O–H groups in total. The van der Waals surface area contributed by atoms with E-state index in [4.69, 9.17) is 0 Å². The van der Waals surface area contributed by atoms with E-state index >= 15 is 0 Å². The van der Waals surface area contributed by atoms with Crippen LogP contribution >= 0.6 is 0 Å². The first kappa shape index (κ1) is 17.7. The number of amides is 1. The third kappa shape index (κ3) is 4.42. The number of alkyl halides is 3. The topological polar surface area (TPSA) is 56.7 Å². The zero-order valence-electron chi connectivity index (χ0n) is 12.9. The summed E-state index contributed by atoms with van der Waals surface area (Å²) in [5.41, 5.74) is -1.37. The van der Waals surface area contributed by atoms with Gasteiger partial charge in [-0.05, 0) is 12.5 Å². The van der Waals surface area contributed by atoms with Gasteiger partial charge in [0.15, 0.2) is 0 Å². The summed E-state index contributed by atoms with van der Waals surface area (Å²) in [6, 6.07) is 1.11. The maximum atomic E-state index is 13.0. The van der Waals surface area contributed by atoms with Gasteiger partial charge in [0.2, 0.25) is 0 Å². The Morgan fingerprint density at radius 3 is 2.57 bits per heavy atom. The monoisotopic (exact) mass is 331 g/mol. The van der Waals surface area contributed by atoms with Crippen molar-refractivity contribution >= 4 is 5.91 Å². The van der Waals surface area contributed by atoms with E-state index in [0.717, 1.165) is 6.07 Å². The van der Waals surface area contributed by atoms with Gasteiger partial charge in [0.1, 0.15) is 0 Å². The summed E-state index contributed by atoms with van der Waals surface area (Å²) in [5.74, 6) is -0.629. The summed E-state index contributed by atoms with van der Waals surface area (Å²) in [5, 5.41) is 9.64. The number of carbonyl (C=O) groups is 1. The van der Waals surface area contributed by atoms with E-state index in [9.17, 15) is 23.1 Å². The Labute approximate surface area is 132 Å². The molecule has 128 valence electrons. The van der Waals surface area contributed by atoms with Crippen molar-refractivity contribution in [2.75, 3.05) is 32.7 Å². The van der Waals surface area contributed by atoms with Crippen LogP contribution in [0.3, 0.4) is 0 Å². The molecule has 0 aliphatic carbocycles. The molecule has 23 heavy (non-hydrogen) atoms. The number of piperazine rings is 1. The highest BCUT2D eigenvalue weighted by Gasteiger charge is 2.37. The first-order valence-corrected chi connectivity index (χ1v) is 7.53. The number of nitrogens with zero attached hydrogens (tertiary/aromatic N) is 3. The lowest BCUT2D eigenvalue weighted by molar-refractivity contribution is -0.138. The van der Waals surface area contributed by atoms with E-state index in [1.165, 1.54) is 11.1 Å². The SMILES string of the molecule is CCC(O)CN1CCN(C(=O)c2ccncc2C(F)(F)F)CC1. The molecule has 1 aromatic rings. The molecule has 0 saturated carbocycles. The van der Waals surface area contributed by atoms with Crippen molar-refractivity contribution < 1.29 is 23.1 Å². The molecule has 0 radical (unpaired) electrons. The van der Waals surface area contributed by atoms with Crippen molar-refractivity contribution in [2.24, 2.45) is 0 Å². The number of hydrogen-bond donors (Lipinski definition) is 1. The second-order valence-electron chi connectivity index (χ2n) is 5.57. The Morgan fingerprint density at radius 1 is 1.35 bits per heavy atom. The highest BCUT2D eigenvalue weighted by atomic mass is 19.4. The fourth-order valence-electron chi connectivity index (χ4n) is 2.54. The van der Waals surface area contributed by atoms with Crippen LogP contribution in [0.15, 0.2) is 18.5 Å². The van der Waals surface area contributed by atoms with E-state index in [1.807, 2.05) is 11.8 Å². The normalized spacial score (nSPS) is 18.0. The van der Waals surface area contributed by atoms with Gasteiger partial charge in [0.25, 0.3) is 5.91 Å². The number of aliphatic hydroxyl groups excluding tert-OH is 1. The lowest BCUT2D eigenvalue weighted by atomic mass is 10.1. The molecule has 5 nitrogen and oxygen atoms in total. The van der Waals surface area contributed by atoms with Crippen molar-refractivity contribution in [3.8, 4) is 0 Å². The molecule has 1 amide bonds. The quantitative estimate of drug-likeness (QED) is 0.911. The molecular formula is C15H20F3N3O2. The predicted octanol–water partition coefficient (Wildman–Crippen LogP) is 1.63. The van der Waals surface area contributed by atoms with Crippen LogP contribution in [0, 0.1) is 0 Å². The lowest BCUT2D eigenvalue weighted by Crippen LogP contribution is -2.50. The van der Waals surface area contributed by atoms with Crippen LogP contribution in [0.2, 0.25) is 0 Å². The van der Waals surface area contributed by atoms with Crippen molar-refractivity contribution in [3.05, 3.63) is 29.6 Å². The van der Waals surface area contributed by atoms with Crippen molar-refractivity contribution in [2.45, 2.75) is 25.6 Å². The van der Waals surface area contributed by atoms with Crippen molar-refractivity contribution in [3.63, 3.8) is 0 Å². The average molecular weight is 331 g/mol. The van der Waals surface area contributed by atoms with E-state index in [0.29, 0.717) is 45.3 Å². The minimum atomic E-state index is -4.60. The third-order valence-electron chi connectivity index (χ3n) is 3.96. The van der Waals surface area contributed by atoms with E-state index < -0.39 is 23.8 Å². The van der Waals surface area contributed by atoms with E-state index in [1.54, 1.807) is 0 Å². The van der Waals surface area contributed by atoms with E-state index in [2.05, 4.69) is 4.98 Å². The minimum Gasteiger partial charge on any atom is -0.392 e. The highest BCUT2D eigenvalue weighted by molar-refractivity contribution is 5.95. The maximum Gasteiger partial charge on any atom is 0.418 e. The summed E-state index contributed by atoms with van der Waals surface area (Å²) in [6.07, 6.45) is -2.51. The van der Waals surface area contributed by atoms with Gasteiger partial charge in [-0.1, -0.05) is 6.92 Å². The molecule has 1 aliphatic heterocycles. The number of aromatic nitrogens is 1.